The van der Waals surface area contributed by atoms with Crippen molar-refractivity contribution in [2.45, 2.75) is 13.5 Å². The Labute approximate surface area is 217 Å². The van der Waals surface area contributed by atoms with Crippen LogP contribution in [0.1, 0.15) is 27.2 Å². The molecule has 184 valence electrons. The van der Waals surface area contributed by atoms with Crippen molar-refractivity contribution in [3.63, 3.8) is 0 Å². The molecule has 7 nitrogen and oxygen atoms in total. The van der Waals surface area contributed by atoms with Crippen LogP contribution in [0.3, 0.4) is 0 Å². The molecule has 4 aromatic rings. The Bertz CT molecular complexity index is 1400. The first kappa shape index (κ1) is 24.2. The van der Waals surface area contributed by atoms with Crippen LogP contribution in [-0.4, -0.2) is 47.0 Å². The van der Waals surface area contributed by atoms with Crippen LogP contribution in [0.4, 0.5) is 11.5 Å². The van der Waals surface area contributed by atoms with Crippen LogP contribution in [0, 0.1) is 18.3 Å². The van der Waals surface area contributed by atoms with Crippen LogP contribution in [0.25, 0.3) is 11.1 Å². The number of carbonyl (C=O) groups excluding carboxylic acids is 1. The molecule has 0 bridgehead atoms. The molecule has 1 amide bonds. The minimum absolute atomic E-state index is 0.187. The van der Waals surface area contributed by atoms with Gasteiger partial charge < -0.3 is 10.2 Å². The summed E-state index contributed by atoms with van der Waals surface area (Å²) in [5.74, 6) is 0.724. The zero-order valence-corrected chi connectivity index (χ0v) is 20.8. The van der Waals surface area contributed by atoms with Crippen molar-refractivity contribution in [2.24, 2.45) is 0 Å². The van der Waals surface area contributed by atoms with Crippen molar-refractivity contribution < 1.29 is 4.79 Å². The SMILES string of the molecule is Cc1ccc(C(=O)Nc2ccc(N3CCN(Cc4ccccn4)CC3)nc2)cc1-c1ccc(C#N)cc1. The lowest BCUT2D eigenvalue weighted by molar-refractivity contribution is 0.102. The van der Waals surface area contributed by atoms with E-state index in [0.29, 0.717) is 16.8 Å². The molecule has 7 heteroatoms. The van der Waals surface area contributed by atoms with E-state index >= 15 is 0 Å². The first-order valence-corrected chi connectivity index (χ1v) is 12.3. The van der Waals surface area contributed by atoms with E-state index in [-0.39, 0.29) is 5.91 Å². The van der Waals surface area contributed by atoms with E-state index in [9.17, 15) is 4.79 Å². The van der Waals surface area contributed by atoms with Gasteiger partial charge in [-0.2, -0.15) is 5.26 Å². The van der Waals surface area contributed by atoms with Crippen molar-refractivity contribution >= 4 is 17.4 Å². The first-order valence-electron chi connectivity index (χ1n) is 12.3. The maximum Gasteiger partial charge on any atom is 0.255 e. The number of nitriles is 1. The van der Waals surface area contributed by atoms with E-state index in [2.05, 4.69) is 37.2 Å². The number of piperazine rings is 1. The number of nitrogens with one attached hydrogen (secondary N) is 1. The van der Waals surface area contributed by atoms with E-state index in [1.807, 2.05) is 67.7 Å². The summed E-state index contributed by atoms with van der Waals surface area (Å²) >= 11 is 0. The number of benzene rings is 2. The van der Waals surface area contributed by atoms with Crippen LogP contribution in [-0.2, 0) is 6.54 Å². The van der Waals surface area contributed by atoms with Gasteiger partial charge in [-0.3, -0.25) is 14.7 Å². The second kappa shape index (κ2) is 11.0. The molecule has 0 saturated carbocycles. The minimum Gasteiger partial charge on any atom is -0.354 e. The topological polar surface area (TPSA) is 85.2 Å². The zero-order chi connectivity index (χ0) is 25.6. The van der Waals surface area contributed by atoms with Gasteiger partial charge in [-0.05, 0) is 72.1 Å². The molecule has 2 aromatic carbocycles. The summed E-state index contributed by atoms with van der Waals surface area (Å²) in [6.45, 7) is 6.56. The predicted octanol–water partition coefficient (Wildman–Crippen LogP) is 4.90. The van der Waals surface area contributed by atoms with E-state index in [0.717, 1.165) is 60.9 Å². The molecular formula is C30H28N6O. The van der Waals surface area contributed by atoms with Crippen LogP contribution in [0.2, 0.25) is 0 Å². The number of aryl methyl sites for hydroxylation is 1. The summed E-state index contributed by atoms with van der Waals surface area (Å²) in [4.78, 5) is 26.7. The maximum absolute atomic E-state index is 13.0. The highest BCUT2D eigenvalue weighted by Gasteiger charge is 2.18. The lowest BCUT2D eigenvalue weighted by Gasteiger charge is -2.35. The highest BCUT2D eigenvalue weighted by Crippen LogP contribution is 2.26. The van der Waals surface area contributed by atoms with Gasteiger partial charge in [-0.25, -0.2) is 4.98 Å². The molecule has 5 rings (SSSR count). The molecule has 1 aliphatic heterocycles. The molecule has 0 radical (unpaired) electrons. The fourth-order valence-corrected chi connectivity index (χ4v) is 4.50. The third-order valence-corrected chi connectivity index (χ3v) is 6.64. The van der Waals surface area contributed by atoms with Crippen LogP contribution in [0.15, 0.2) is 85.2 Å². The Morgan fingerprint density at radius 3 is 2.46 bits per heavy atom. The molecule has 1 saturated heterocycles. The summed E-state index contributed by atoms with van der Waals surface area (Å²) in [5.41, 5.74) is 5.92. The third-order valence-electron chi connectivity index (χ3n) is 6.64. The molecule has 0 unspecified atom stereocenters. The first-order chi connectivity index (χ1) is 18.1. The quantitative estimate of drug-likeness (QED) is 0.416. The number of anilines is 2. The molecule has 1 fully saturated rings. The second-order valence-electron chi connectivity index (χ2n) is 9.16. The fraction of sp³-hybridized carbons (Fsp3) is 0.200. The fourth-order valence-electron chi connectivity index (χ4n) is 4.50. The van der Waals surface area contributed by atoms with Crippen molar-refractivity contribution in [1.29, 1.82) is 5.26 Å². The molecular weight excluding hydrogens is 460 g/mol. The lowest BCUT2D eigenvalue weighted by atomic mass is 9.97. The Balaban J connectivity index is 1.20. The monoisotopic (exact) mass is 488 g/mol. The summed E-state index contributed by atoms with van der Waals surface area (Å²) < 4.78 is 0. The molecule has 1 N–H and O–H groups in total. The van der Waals surface area contributed by atoms with Gasteiger partial charge in [0.1, 0.15) is 5.82 Å². The number of nitrogens with zero attached hydrogens (tertiary/aromatic N) is 5. The molecule has 1 aliphatic rings. The second-order valence-corrected chi connectivity index (χ2v) is 9.16. The minimum atomic E-state index is -0.187. The van der Waals surface area contributed by atoms with E-state index in [4.69, 9.17) is 5.26 Å². The number of pyridine rings is 2. The number of hydrogen-bond donors (Lipinski definition) is 1. The van der Waals surface area contributed by atoms with Crippen molar-refractivity contribution in [2.75, 3.05) is 36.4 Å². The number of aromatic nitrogens is 2. The average molecular weight is 489 g/mol. The predicted molar refractivity (Wildman–Crippen MR) is 145 cm³/mol. The number of carbonyl (C=O) groups is 1. The average Bonchev–Trinajstić information content (AvgIpc) is 2.95. The zero-order valence-electron chi connectivity index (χ0n) is 20.8. The normalized spacial score (nSPS) is 13.7. The number of hydrogen-bond acceptors (Lipinski definition) is 6. The Morgan fingerprint density at radius 1 is 0.973 bits per heavy atom. The molecule has 2 aromatic heterocycles. The standard InChI is InChI=1S/C30H28N6O/c1-22-5-8-25(18-28(22)24-9-6-23(19-31)7-10-24)30(37)34-26-11-12-29(33-20-26)36-16-14-35(15-17-36)21-27-4-2-3-13-32-27/h2-13,18,20H,14-17,21H2,1H3,(H,34,37). The Morgan fingerprint density at radius 2 is 1.78 bits per heavy atom. The van der Waals surface area contributed by atoms with Crippen molar-refractivity contribution in [3.8, 4) is 17.2 Å². The highest BCUT2D eigenvalue weighted by atomic mass is 16.1. The van der Waals surface area contributed by atoms with Gasteiger partial charge in [0, 0.05) is 44.5 Å². The van der Waals surface area contributed by atoms with Gasteiger partial charge in [-0.15, -0.1) is 0 Å². The summed E-state index contributed by atoms with van der Waals surface area (Å²) in [7, 11) is 0. The third kappa shape index (κ3) is 5.83. The molecule has 0 spiro atoms. The van der Waals surface area contributed by atoms with Crippen molar-refractivity contribution in [3.05, 3.63) is 108 Å². The van der Waals surface area contributed by atoms with Gasteiger partial charge in [0.25, 0.3) is 5.91 Å². The highest BCUT2D eigenvalue weighted by molar-refractivity contribution is 6.05. The van der Waals surface area contributed by atoms with Gasteiger partial charge in [0.2, 0.25) is 0 Å². The molecule has 0 aliphatic carbocycles. The van der Waals surface area contributed by atoms with Crippen LogP contribution >= 0.6 is 0 Å². The van der Waals surface area contributed by atoms with E-state index in [1.54, 1.807) is 18.3 Å². The number of rotatable bonds is 6. The summed E-state index contributed by atoms with van der Waals surface area (Å²) in [6, 6.07) is 25.1. The van der Waals surface area contributed by atoms with Crippen molar-refractivity contribution in [1.82, 2.24) is 14.9 Å². The van der Waals surface area contributed by atoms with E-state index in [1.165, 1.54) is 0 Å². The van der Waals surface area contributed by atoms with E-state index < -0.39 is 0 Å². The van der Waals surface area contributed by atoms with Gasteiger partial charge in [0.15, 0.2) is 0 Å². The maximum atomic E-state index is 13.0. The molecule has 3 heterocycles. The van der Waals surface area contributed by atoms with Crippen LogP contribution < -0.4 is 10.2 Å². The largest absolute Gasteiger partial charge is 0.354 e. The molecule has 0 atom stereocenters. The van der Waals surface area contributed by atoms with Gasteiger partial charge in [-0.1, -0.05) is 24.3 Å². The lowest BCUT2D eigenvalue weighted by Crippen LogP contribution is -2.46. The molecule has 37 heavy (non-hydrogen) atoms. The smallest absolute Gasteiger partial charge is 0.255 e. The Hall–Kier alpha value is -4.54. The summed E-state index contributed by atoms with van der Waals surface area (Å²) in [6.07, 6.45) is 3.55. The Kier molecular flexibility index (Phi) is 7.20. The van der Waals surface area contributed by atoms with Gasteiger partial charge >= 0.3 is 0 Å². The summed E-state index contributed by atoms with van der Waals surface area (Å²) in [5, 5.41) is 12.0. The van der Waals surface area contributed by atoms with Crippen LogP contribution in [0.5, 0.6) is 0 Å². The number of amides is 1. The van der Waals surface area contributed by atoms with Gasteiger partial charge in [0.05, 0.1) is 29.2 Å².